The molecule has 0 saturated carbocycles. The summed E-state index contributed by atoms with van der Waals surface area (Å²) >= 11 is 0. The Morgan fingerprint density at radius 1 is 0.246 bits per heavy atom. The van der Waals surface area contributed by atoms with Crippen molar-refractivity contribution >= 4 is 86.6 Å². The first-order chi connectivity index (χ1) is 30.3. The van der Waals surface area contributed by atoms with Crippen molar-refractivity contribution in [1.82, 2.24) is 0 Å². The van der Waals surface area contributed by atoms with Crippen LogP contribution in [0.25, 0.3) is 131 Å². The zero-order valence-electron chi connectivity index (χ0n) is 33.2. The van der Waals surface area contributed by atoms with Crippen LogP contribution >= 0.6 is 0 Å². The van der Waals surface area contributed by atoms with Crippen LogP contribution in [0, 0.1) is 0 Å². The Hall–Kier alpha value is -8.00. The molecular weight excluding hydrogens is 737 g/mol. The second kappa shape index (κ2) is 13.3. The molecule has 13 rings (SSSR count). The van der Waals surface area contributed by atoms with E-state index in [9.17, 15) is 0 Å². The summed E-state index contributed by atoms with van der Waals surface area (Å²) in [6.07, 6.45) is 0. The first-order valence-corrected chi connectivity index (χ1v) is 21.1. The van der Waals surface area contributed by atoms with Crippen molar-refractivity contribution in [2.75, 3.05) is 0 Å². The minimum Gasteiger partial charge on any atom is -0.455 e. The minimum absolute atomic E-state index is 0.907. The van der Waals surface area contributed by atoms with Gasteiger partial charge in [-0.1, -0.05) is 200 Å². The van der Waals surface area contributed by atoms with Gasteiger partial charge < -0.3 is 4.42 Å². The fourth-order valence-electron chi connectivity index (χ4n) is 10.4. The van der Waals surface area contributed by atoms with Crippen LogP contribution in [-0.4, -0.2) is 0 Å². The standard InChI is InChI=1S/C60H36O/c1-2-16-37(17-3-1)42-32-33-52(44-22-5-4-21-43(42)44)58-50-28-11-9-26-48(50)57(49-27-10-12-29-51(49)58)40-20-14-18-38(34-40)41-31-15-19-39-35-55-56(36-54(39)41)61-60-53-30-13-7-24-46(53)45-23-6-8-25-47(45)59(55)60/h1-36H. The van der Waals surface area contributed by atoms with E-state index in [1.165, 1.54) is 109 Å². The number of benzene rings is 12. The second-order valence-electron chi connectivity index (χ2n) is 16.3. The maximum absolute atomic E-state index is 6.87. The monoisotopic (exact) mass is 772 g/mol. The highest BCUT2D eigenvalue weighted by Crippen LogP contribution is 2.48. The zero-order chi connectivity index (χ0) is 40.0. The van der Waals surface area contributed by atoms with E-state index in [-0.39, 0.29) is 0 Å². The van der Waals surface area contributed by atoms with E-state index in [1.54, 1.807) is 0 Å². The first kappa shape index (κ1) is 33.9. The van der Waals surface area contributed by atoms with Gasteiger partial charge in [0.2, 0.25) is 0 Å². The van der Waals surface area contributed by atoms with Crippen molar-refractivity contribution in [3.8, 4) is 44.5 Å². The Morgan fingerprint density at radius 3 is 1.44 bits per heavy atom. The van der Waals surface area contributed by atoms with Crippen molar-refractivity contribution in [3.05, 3.63) is 218 Å². The first-order valence-electron chi connectivity index (χ1n) is 21.1. The van der Waals surface area contributed by atoms with E-state index < -0.39 is 0 Å². The molecule has 1 heterocycles. The summed E-state index contributed by atoms with van der Waals surface area (Å²) in [6, 6.07) is 79.9. The summed E-state index contributed by atoms with van der Waals surface area (Å²) in [4.78, 5) is 0. The normalized spacial score (nSPS) is 11.9. The van der Waals surface area contributed by atoms with E-state index in [2.05, 4.69) is 218 Å². The molecule has 0 aliphatic rings. The van der Waals surface area contributed by atoms with E-state index in [4.69, 9.17) is 4.42 Å². The molecule has 61 heavy (non-hydrogen) atoms. The van der Waals surface area contributed by atoms with Gasteiger partial charge in [0, 0.05) is 16.2 Å². The number of fused-ring (bicyclic) bond motifs is 12. The Balaban J connectivity index is 1.02. The van der Waals surface area contributed by atoms with Gasteiger partial charge >= 0.3 is 0 Å². The summed E-state index contributed by atoms with van der Waals surface area (Å²) in [5.41, 5.74) is 11.7. The van der Waals surface area contributed by atoms with Gasteiger partial charge in [-0.15, -0.1) is 0 Å². The van der Waals surface area contributed by atoms with Crippen molar-refractivity contribution in [1.29, 1.82) is 0 Å². The van der Waals surface area contributed by atoms with E-state index in [1.807, 2.05) is 0 Å². The Labute approximate surface area is 352 Å². The maximum Gasteiger partial charge on any atom is 0.143 e. The van der Waals surface area contributed by atoms with Gasteiger partial charge in [-0.25, -0.2) is 0 Å². The zero-order valence-corrected chi connectivity index (χ0v) is 33.2. The van der Waals surface area contributed by atoms with Crippen LogP contribution in [0.15, 0.2) is 223 Å². The average molecular weight is 773 g/mol. The van der Waals surface area contributed by atoms with Crippen molar-refractivity contribution in [3.63, 3.8) is 0 Å². The number of rotatable bonds is 4. The molecule has 1 nitrogen and oxygen atoms in total. The Morgan fingerprint density at radius 2 is 0.738 bits per heavy atom. The van der Waals surface area contributed by atoms with Crippen LogP contribution in [0.2, 0.25) is 0 Å². The van der Waals surface area contributed by atoms with Crippen molar-refractivity contribution in [2.45, 2.75) is 0 Å². The fourth-order valence-corrected chi connectivity index (χ4v) is 10.4. The lowest BCUT2D eigenvalue weighted by atomic mass is 9.83. The van der Waals surface area contributed by atoms with Crippen LogP contribution in [0.5, 0.6) is 0 Å². The largest absolute Gasteiger partial charge is 0.455 e. The highest BCUT2D eigenvalue weighted by atomic mass is 16.3. The van der Waals surface area contributed by atoms with Gasteiger partial charge in [0.15, 0.2) is 0 Å². The second-order valence-corrected chi connectivity index (χ2v) is 16.3. The highest BCUT2D eigenvalue weighted by molar-refractivity contribution is 6.31. The fraction of sp³-hybridized carbons (Fsp3) is 0. The molecule has 0 N–H and O–H groups in total. The average Bonchev–Trinajstić information content (AvgIpc) is 3.71. The van der Waals surface area contributed by atoms with E-state index in [0.717, 1.165) is 21.9 Å². The molecule has 0 aliphatic heterocycles. The predicted molar refractivity (Wildman–Crippen MR) is 260 cm³/mol. The summed E-state index contributed by atoms with van der Waals surface area (Å²) in [5.74, 6) is 0. The number of furan rings is 1. The molecule has 1 heteroatoms. The molecule has 1 aromatic heterocycles. The molecule has 13 aromatic rings. The molecule has 12 aromatic carbocycles. The molecule has 282 valence electrons. The molecule has 0 spiro atoms. The molecule has 0 bridgehead atoms. The number of hydrogen-bond acceptors (Lipinski definition) is 1. The van der Waals surface area contributed by atoms with Crippen LogP contribution in [-0.2, 0) is 0 Å². The van der Waals surface area contributed by atoms with Crippen molar-refractivity contribution < 1.29 is 4.42 Å². The van der Waals surface area contributed by atoms with Gasteiger partial charge in [0.1, 0.15) is 11.2 Å². The third-order valence-electron chi connectivity index (χ3n) is 13.0. The van der Waals surface area contributed by atoms with Crippen LogP contribution in [0.1, 0.15) is 0 Å². The van der Waals surface area contributed by atoms with Crippen LogP contribution in [0.4, 0.5) is 0 Å². The molecule has 0 amide bonds. The summed E-state index contributed by atoms with van der Waals surface area (Å²) in [6.45, 7) is 0. The third kappa shape index (κ3) is 5.08. The highest BCUT2D eigenvalue weighted by Gasteiger charge is 2.21. The van der Waals surface area contributed by atoms with E-state index >= 15 is 0 Å². The molecule has 0 fully saturated rings. The maximum atomic E-state index is 6.87. The molecular formula is C60H36O. The molecule has 0 atom stereocenters. The molecule has 0 unspecified atom stereocenters. The Bertz CT molecular complexity index is 3870. The van der Waals surface area contributed by atoms with Gasteiger partial charge in [-0.2, -0.15) is 0 Å². The lowest BCUT2D eigenvalue weighted by Gasteiger charge is -2.20. The molecule has 0 radical (unpaired) electrons. The van der Waals surface area contributed by atoms with Gasteiger partial charge in [0.25, 0.3) is 0 Å². The lowest BCUT2D eigenvalue weighted by Crippen LogP contribution is -1.93. The lowest BCUT2D eigenvalue weighted by molar-refractivity contribution is 0.673. The summed E-state index contributed by atoms with van der Waals surface area (Å²) < 4.78 is 6.87. The molecule has 0 aliphatic carbocycles. The predicted octanol–water partition coefficient (Wildman–Crippen LogP) is 17.2. The number of hydrogen-bond donors (Lipinski definition) is 0. The summed E-state index contributed by atoms with van der Waals surface area (Å²) in [7, 11) is 0. The van der Waals surface area contributed by atoms with Crippen molar-refractivity contribution in [2.24, 2.45) is 0 Å². The minimum atomic E-state index is 0.907. The van der Waals surface area contributed by atoms with Gasteiger partial charge in [0.05, 0.1) is 0 Å². The van der Waals surface area contributed by atoms with E-state index in [0.29, 0.717) is 0 Å². The van der Waals surface area contributed by atoms with Gasteiger partial charge in [-0.3, -0.25) is 0 Å². The topological polar surface area (TPSA) is 13.1 Å². The summed E-state index contributed by atoms with van der Waals surface area (Å²) in [5, 5.41) is 17.0. The molecule has 0 saturated heterocycles. The Kier molecular flexibility index (Phi) is 7.37. The van der Waals surface area contributed by atoms with Crippen LogP contribution < -0.4 is 0 Å². The smallest absolute Gasteiger partial charge is 0.143 e. The quantitative estimate of drug-likeness (QED) is 0.128. The van der Waals surface area contributed by atoms with Crippen LogP contribution in [0.3, 0.4) is 0 Å². The third-order valence-corrected chi connectivity index (χ3v) is 13.0. The SMILES string of the molecule is c1ccc(-c2ccc(-c3c4ccccc4c(-c4cccc(-c5cccc6cc7c(cc56)oc5c6ccccc6c6ccccc6c75)c4)c4ccccc34)c3ccccc23)cc1. The van der Waals surface area contributed by atoms with Gasteiger partial charge in [-0.05, 0) is 122 Å².